The summed E-state index contributed by atoms with van der Waals surface area (Å²) in [6.45, 7) is 0.125. The molecule has 0 aliphatic carbocycles. The Labute approximate surface area is 140 Å². The summed E-state index contributed by atoms with van der Waals surface area (Å²) in [4.78, 5) is 12.0. The average Bonchev–Trinajstić information content (AvgIpc) is 2.60. The number of para-hydroxylation sites is 1. The van der Waals surface area contributed by atoms with Gasteiger partial charge in [0, 0.05) is 11.3 Å². The maximum Gasteiger partial charge on any atom is 0.273 e. The zero-order valence-electron chi connectivity index (χ0n) is 13.2. The van der Waals surface area contributed by atoms with E-state index in [0.29, 0.717) is 28.3 Å². The second kappa shape index (κ2) is 8.25. The van der Waals surface area contributed by atoms with Crippen LogP contribution in [0, 0.1) is 12.3 Å². The SMILES string of the molecule is C#CCOc1ccc(OC)cc1/C=N\NC(=O)c1ccccc1N. The lowest BCUT2D eigenvalue weighted by Gasteiger charge is -2.08. The Morgan fingerprint density at radius 2 is 2.17 bits per heavy atom. The van der Waals surface area contributed by atoms with Crippen LogP contribution >= 0.6 is 0 Å². The molecule has 0 unspecified atom stereocenters. The van der Waals surface area contributed by atoms with Gasteiger partial charge in [-0.1, -0.05) is 18.1 Å². The van der Waals surface area contributed by atoms with E-state index in [1.807, 2.05) is 0 Å². The first kappa shape index (κ1) is 16.9. The van der Waals surface area contributed by atoms with Gasteiger partial charge in [-0.25, -0.2) is 5.43 Å². The lowest BCUT2D eigenvalue weighted by Crippen LogP contribution is -2.19. The standard InChI is InChI=1S/C18H17N3O3/c1-3-10-24-17-9-8-14(23-2)11-13(17)12-20-21-18(22)15-6-4-5-7-16(15)19/h1,4-9,11-12H,10,19H2,2H3,(H,21,22)/b20-12-. The second-order valence-corrected chi connectivity index (χ2v) is 4.68. The summed E-state index contributed by atoms with van der Waals surface area (Å²) in [6.07, 6.45) is 6.65. The van der Waals surface area contributed by atoms with Crippen molar-refractivity contribution >= 4 is 17.8 Å². The van der Waals surface area contributed by atoms with Crippen molar-refractivity contribution < 1.29 is 14.3 Å². The van der Waals surface area contributed by atoms with Crippen LogP contribution in [0.3, 0.4) is 0 Å². The van der Waals surface area contributed by atoms with Gasteiger partial charge < -0.3 is 15.2 Å². The predicted molar refractivity (Wildman–Crippen MR) is 93.2 cm³/mol. The van der Waals surface area contributed by atoms with E-state index < -0.39 is 5.91 Å². The number of hydrazone groups is 1. The van der Waals surface area contributed by atoms with Gasteiger partial charge in [-0.05, 0) is 30.3 Å². The van der Waals surface area contributed by atoms with Crippen LogP contribution in [0.5, 0.6) is 11.5 Å². The molecule has 24 heavy (non-hydrogen) atoms. The summed E-state index contributed by atoms with van der Waals surface area (Å²) in [6, 6.07) is 11.9. The van der Waals surface area contributed by atoms with Crippen LogP contribution in [-0.2, 0) is 0 Å². The molecule has 0 aliphatic rings. The summed E-state index contributed by atoms with van der Waals surface area (Å²) >= 11 is 0. The van der Waals surface area contributed by atoms with Gasteiger partial charge in [0.15, 0.2) is 0 Å². The molecule has 0 radical (unpaired) electrons. The number of nitrogens with two attached hydrogens (primary N) is 1. The maximum absolute atomic E-state index is 12.0. The molecule has 0 heterocycles. The Morgan fingerprint density at radius 1 is 1.38 bits per heavy atom. The molecule has 0 saturated heterocycles. The van der Waals surface area contributed by atoms with Gasteiger partial charge in [-0.15, -0.1) is 6.42 Å². The van der Waals surface area contributed by atoms with Crippen LogP contribution in [0.15, 0.2) is 47.6 Å². The zero-order chi connectivity index (χ0) is 17.4. The Bertz CT molecular complexity index is 794. The fraction of sp³-hybridized carbons (Fsp3) is 0.111. The van der Waals surface area contributed by atoms with E-state index in [4.69, 9.17) is 21.6 Å². The van der Waals surface area contributed by atoms with Crippen molar-refractivity contribution in [2.24, 2.45) is 5.10 Å². The Morgan fingerprint density at radius 3 is 2.88 bits per heavy atom. The number of carbonyl (C=O) groups excluding carboxylic acids is 1. The van der Waals surface area contributed by atoms with Crippen molar-refractivity contribution in [1.29, 1.82) is 0 Å². The summed E-state index contributed by atoms with van der Waals surface area (Å²) in [5.41, 5.74) is 9.52. The molecule has 2 rings (SSSR count). The molecular formula is C18H17N3O3. The first-order valence-electron chi connectivity index (χ1n) is 7.08. The monoisotopic (exact) mass is 323 g/mol. The van der Waals surface area contributed by atoms with Crippen LogP contribution in [0.25, 0.3) is 0 Å². The van der Waals surface area contributed by atoms with Gasteiger partial charge >= 0.3 is 0 Å². The largest absolute Gasteiger partial charge is 0.497 e. The van der Waals surface area contributed by atoms with E-state index >= 15 is 0 Å². The smallest absolute Gasteiger partial charge is 0.273 e. The molecule has 122 valence electrons. The Balaban J connectivity index is 2.14. The third-order valence-corrected chi connectivity index (χ3v) is 3.10. The Kier molecular flexibility index (Phi) is 5.81. The number of nitrogens with one attached hydrogen (secondary N) is 1. The molecule has 0 saturated carbocycles. The van der Waals surface area contributed by atoms with Gasteiger partial charge in [0.1, 0.15) is 18.1 Å². The maximum atomic E-state index is 12.0. The van der Waals surface area contributed by atoms with Crippen LogP contribution in [0.2, 0.25) is 0 Å². The predicted octanol–water partition coefficient (Wildman–Crippen LogP) is 2.05. The van der Waals surface area contributed by atoms with Crippen LogP contribution in [0.1, 0.15) is 15.9 Å². The Hall–Kier alpha value is -3.46. The molecule has 0 aliphatic heterocycles. The number of anilines is 1. The van der Waals surface area contributed by atoms with E-state index in [1.54, 1.807) is 49.6 Å². The van der Waals surface area contributed by atoms with E-state index in [-0.39, 0.29) is 6.61 Å². The lowest BCUT2D eigenvalue weighted by molar-refractivity contribution is 0.0956. The summed E-state index contributed by atoms with van der Waals surface area (Å²) in [5, 5.41) is 3.94. The topological polar surface area (TPSA) is 85.9 Å². The molecule has 1 amide bonds. The number of benzene rings is 2. The number of carbonyl (C=O) groups is 1. The molecule has 6 heteroatoms. The highest BCUT2D eigenvalue weighted by Gasteiger charge is 2.08. The fourth-order valence-electron chi connectivity index (χ4n) is 1.93. The van der Waals surface area contributed by atoms with E-state index in [2.05, 4.69) is 16.4 Å². The van der Waals surface area contributed by atoms with Crippen LogP contribution < -0.4 is 20.6 Å². The minimum atomic E-state index is -0.404. The fourth-order valence-corrected chi connectivity index (χ4v) is 1.93. The number of hydrogen-bond acceptors (Lipinski definition) is 5. The number of terminal acetylenes is 1. The number of hydrogen-bond donors (Lipinski definition) is 2. The number of amides is 1. The van der Waals surface area contributed by atoms with Gasteiger partial charge in [-0.3, -0.25) is 4.79 Å². The number of nitrogen functional groups attached to an aromatic ring is 1. The molecule has 0 atom stereocenters. The molecule has 0 fully saturated rings. The zero-order valence-corrected chi connectivity index (χ0v) is 13.2. The number of ether oxygens (including phenoxy) is 2. The molecule has 0 bridgehead atoms. The van der Waals surface area contributed by atoms with Crippen molar-refractivity contribution in [3.8, 4) is 23.8 Å². The molecule has 2 aromatic rings. The van der Waals surface area contributed by atoms with Crippen molar-refractivity contribution in [2.75, 3.05) is 19.5 Å². The minimum absolute atomic E-state index is 0.125. The van der Waals surface area contributed by atoms with E-state index in [0.717, 1.165) is 0 Å². The second-order valence-electron chi connectivity index (χ2n) is 4.68. The van der Waals surface area contributed by atoms with Gasteiger partial charge in [0.25, 0.3) is 5.91 Å². The van der Waals surface area contributed by atoms with E-state index in [9.17, 15) is 4.79 Å². The van der Waals surface area contributed by atoms with Crippen molar-refractivity contribution in [2.45, 2.75) is 0 Å². The first-order valence-corrected chi connectivity index (χ1v) is 7.08. The van der Waals surface area contributed by atoms with Crippen molar-refractivity contribution in [1.82, 2.24) is 5.43 Å². The number of methoxy groups -OCH3 is 1. The van der Waals surface area contributed by atoms with E-state index in [1.165, 1.54) is 6.21 Å². The normalized spacial score (nSPS) is 10.2. The average molecular weight is 323 g/mol. The third-order valence-electron chi connectivity index (χ3n) is 3.10. The van der Waals surface area contributed by atoms with Crippen LogP contribution in [0.4, 0.5) is 5.69 Å². The quantitative estimate of drug-likeness (QED) is 0.369. The summed E-state index contributed by atoms with van der Waals surface area (Å²) in [5.74, 6) is 3.15. The van der Waals surface area contributed by atoms with Crippen molar-refractivity contribution in [3.05, 3.63) is 53.6 Å². The number of nitrogens with zero attached hydrogens (tertiary/aromatic N) is 1. The molecule has 2 aromatic carbocycles. The van der Waals surface area contributed by atoms with Crippen LogP contribution in [-0.4, -0.2) is 25.8 Å². The van der Waals surface area contributed by atoms with Crippen molar-refractivity contribution in [3.63, 3.8) is 0 Å². The first-order chi connectivity index (χ1) is 11.7. The van der Waals surface area contributed by atoms with Gasteiger partial charge in [0.2, 0.25) is 0 Å². The number of rotatable bonds is 6. The highest BCUT2D eigenvalue weighted by molar-refractivity contribution is 5.99. The molecular weight excluding hydrogens is 306 g/mol. The summed E-state index contributed by atoms with van der Waals surface area (Å²) < 4.78 is 10.6. The lowest BCUT2D eigenvalue weighted by atomic mass is 10.2. The molecule has 0 spiro atoms. The summed E-state index contributed by atoms with van der Waals surface area (Å²) in [7, 11) is 1.55. The molecule has 0 aromatic heterocycles. The third kappa shape index (κ3) is 4.27. The highest BCUT2D eigenvalue weighted by atomic mass is 16.5. The van der Waals surface area contributed by atoms with Gasteiger partial charge in [0.05, 0.1) is 18.9 Å². The molecule has 6 nitrogen and oxygen atoms in total. The van der Waals surface area contributed by atoms with Gasteiger partial charge in [-0.2, -0.15) is 5.10 Å². The molecule has 3 N–H and O–H groups in total. The highest BCUT2D eigenvalue weighted by Crippen LogP contribution is 2.22. The minimum Gasteiger partial charge on any atom is -0.497 e.